The number of aliphatic imine (C=N–C) groups is 1. The average molecular weight is 337 g/mol. The van der Waals surface area contributed by atoms with Crippen LogP contribution < -0.4 is 4.72 Å². The van der Waals surface area contributed by atoms with E-state index in [2.05, 4.69) is 16.6 Å². The number of amides is 1. The second-order valence-electron chi connectivity index (χ2n) is 5.72. The van der Waals surface area contributed by atoms with E-state index in [0.29, 0.717) is 11.4 Å². The first-order valence-corrected chi connectivity index (χ1v) is 9.27. The van der Waals surface area contributed by atoms with Gasteiger partial charge in [-0.3, -0.25) is 14.5 Å². The molecular weight excluding hydrogens is 314 g/mol. The van der Waals surface area contributed by atoms with Gasteiger partial charge < -0.3 is 4.90 Å². The molecule has 7 heteroatoms. The summed E-state index contributed by atoms with van der Waals surface area (Å²) in [7, 11) is -1.72. The van der Waals surface area contributed by atoms with Crippen molar-refractivity contribution >= 4 is 21.8 Å². The minimum atomic E-state index is -3.52. The highest BCUT2D eigenvalue weighted by Crippen LogP contribution is 2.22. The third-order valence-corrected chi connectivity index (χ3v) is 5.42. The number of nitrogens with zero attached hydrogens (tertiary/aromatic N) is 2. The minimum Gasteiger partial charge on any atom is -0.343 e. The topological polar surface area (TPSA) is 78.8 Å². The summed E-state index contributed by atoms with van der Waals surface area (Å²) in [6, 6.07) is 6.90. The molecule has 0 fully saturated rings. The Morgan fingerprint density at radius 2 is 2.04 bits per heavy atom. The molecule has 1 aromatic rings. The van der Waals surface area contributed by atoms with Crippen LogP contribution in [0.4, 0.5) is 0 Å². The summed E-state index contributed by atoms with van der Waals surface area (Å²) in [5, 5.41) is 0. The van der Waals surface area contributed by atoms with Gasteiger partial charge in [0, 0.05) is 25.1 Å². The summed E-state index contributed by atoms with van der Waals surface area (Å²) in [6.07, 6.45) is 2.25. The van der Waals surface area contributed by atoms with Crippen LogP contribution in [0.15, 0.2) is 34.2 Å². The van der Waals surface area contributed by atoms with Gasteiger partial charge in [0.1, 0.15) is 5.84 Å². The highest BCUT2D eigenvalue weighted by molar-refractivity contribution is 7.90. The molecule has 0 saturated heterocycles. The maximum atomic E-state index is 12.1. The molecule has 6 nitrogen and oxygen atoms in total. The molecule has 2 rings (SSSR count). The van der Waals surface area contributed by atoms with Crippen LogP contribution in [0, 0.1) is 0 Å². The Morgan fingerprint density at radius 1 is 1.35 bits per heavy atom. The fourth-order valence-electron chi connectivity index (χ4n) is 2.55. The summed E-state index contributed by atoms with van der Waals surface area (Å²) in [6.45, 7) is 4.37. The van der Waals surface area contributed by atoms with Crippen molar-refractivity contribution in [3.05, 3.63) is 29.8 Å². The molecule has 0 aromatic heterocycles. The largest absolute Gasteiger partial charge is 0.343 e. The molecule has 1 amide bonds. The predicted molar refractivity (Wildman–Crippen MR) is 89.9 cm³/mol. The summed E-state index contributed by atoms with van der Waals surface area (Å²) >= 11 is 0. The Bertz CT molecular complexity index is 713. The number of fused-ring (bicyclic) bond motifs is 1. The van der Waals surface area contributed by atoms with Gasteiger partial charge in [0.15, 0.2) is 0 Å². The van der Waals surface area contributed by atoms with Gasteiger partial charge in [0.2, 0.25) is 5.91 Å². The molecule has 0 spiro atoms. The fraction of sp³-hybridized carbons (Fsp3) is 0.500. The zero-order valence-electron chi connectivity index (χ0n) is 13.7. The molecule has 23 heavy (non-hydrogen) atoms. The average Bonchev–Trinajstić information content (AvgIpc) is 2.78. The third kappa shape index (κ3) is 3.90. The van der Waals surface area contributed by atoms with Crippen molar-refractivity contribution in [3.8, 4) is 0 Å². The number of benzene rings is 1. The standard InChI is InChI=1S/C16H23N3O3S/c1-4-7-12(2)19(3)15(20)10-11-17-16-13-8-5-6-9-14(13)23(21,22)18-16/h5-6,8-9,12H,4,7,10-11H2,1-3H3,(H,17,18)/t12-/m0/s1. The number of hydrogen-bond acceptors (Lipinski definition) is 4. The Hall–Kier alpha value is -1.89. The van der Waals surface area contributed by atoms with Crippen LogP contribution in [-0.2, 0) is 14.8 Å². The Kier molecular flexibility index (Phi) is 5.41. The molecule has 0 aliphatic carbocycles. The number of hydrogen-bond donors (Lipinski definition) is 1. The predicted octanol–water partition coefficient (Wildman–Crippen LogP) is 1.76. The zero-order chi connectivity index (χ0) is 17.0. The van der Waals surface area contributed by atoms with Crippen molar-refractivity contribution in [2.24, 2.45) is 4.99 Å². The number of rotatable bonds is 6. The lowest BCUT2D eigenvalue weighted by molar-refractivity contribution is -0.131. The Morgan fingerprint density at radius 3 is 2.74 bits per heavy atom. The van der Waals surface area contributed by atoms with E-state index in [1.54, 1.807) is 36.2 Å². The van der Waals surface area contributed by atoms with Crippen molar-refractivity contribution in [2.45, 2.75) is 44.0 Å². The molecule has 1 aliphatic rings. The number of nitrogens with one attached hydrogen (secondary N) is 1. The van der Waals surface area contributed by atoms with Gasteiger partial charge in [0.05, 0.1) is 11.4 Å². The van der Waals surface area contributed by atoms with E-state index in [-0.39, 0.29) is 29.8 Å². The molecule has 1 atom stereocenters. The highest BCUT2D eigenvalue weighted by atomic mass is 32.2. The first kappa shape index (κ1) is 17.5. The van der Waals surface area contributed by atoms with Gasteiger partial charge in [-0.2, -0.15) is 0 Å². The summed E-state index contributed by atoms with van der Waals surface area (Å²) in [5.74, 6) is 0.335. The van der Waals surface area contributed by atoms with Crippen LogP contribution in [0.1, 0.15) is 38.7 Å². The fourth-order valence-corrected chi connectivity index (χ4v) is 3.80. The van der Waals surface area contributed by atoms with E-state index in [4.69, 9.17) is 0 Å². The van der Waals surface area contributed by atoms with Crippen molar-refractivity contribution in [3.63, 3.8) is 0 Å². The maximum absolute atomic E-state index is 12.1. The zero-order valence-corrected chi connectivity index (χ0v) is 14.6. The third-order valence-electron chi connectivity index (χ3n) is 4.02. The second-order valence-corrected chi connectivity index (χ2v) is 7.38. The van der Waals surface area contributed by atoms with E-state index in [1.165, 1.54) is 0 Å². The van der Waals surface area contributed by atoms with Crippen LogP contribution in [-0.4, -0.2) is 44.7 Å². The molecule has 0 bridgehead atoms. The molecular formula is C16H23N3O3S. The molecule has 1 aromatic carbocycles. The summed E-state index contributed by atoms with van der Waals surface area (Å²) < 4.78 is 26.4. The first-order chi connectivity index (χ1) is 10.9. The quantitative estimate of drug-likeness (QED) is 0.859. The normalized spacial score (nSPS) is 18.3. The summed E-state index contributed by atoms with van der Waals surface area (Å²) in [4.78, 5) is 18.4. The van der Waals surface area contributed by atoms with Crippen molar-refractivity contribution in [1.29, 1.82) is 0 Å². The first-order valence-electron chi connectivity index (χ1n) is 7.79. The van der Waals surface area contributed by atoms with Crippen molar-refractivity contribution in [2.75, 3.05) is 13.6 Å². The van der Waals surface area contributed by atoms with E-state index < -0.39 is 10.0 Å². The lowest BCUT2D eigenvalue weighted by atomic mass is 10.1. The smallest absolute Gasteiger partial charge is 0.263 e. The highest BCUT2D eigenvalue weighted by Gasteiger charge is 2.30. The van der Waals surface area contributed by atoms with Gasteiger partial charge in [0.25, 0.3) is 10.0 Å². The van der Waals surface area contributed by atoms with Crippen molar-refractivity contribution in [1.82, 2.24) is 9.62 Å². The van der Waals surface area contributed by atoms with Crippen LogP contribution >= 0.6 is 0 Å². The van der Waals surface area contributed by atoms with Crippen LogP contribution in [0.3, 0.4) is 0 Å². The lowest BCUT2D eigenvalue weighted by Gasteiger charge is -2.24. The van der Waals surface area contributed by atoms with Gasteiger partial charge in [-0.15, -0.1) is 0 Å². The van der Waals surface area contributed by atoms with Gasteiger partial charge in [-0.05, 0) is 25.5 Å². The van der Waals surface area contributed by atoms with E-state index in [9.17, 15) is 13.2 Å². The molecule has 126 valence electrons. The second kappa shape index (κ2) is 7.12. The molecule has 1 heterocycles. The number of carbonyl (C=O) groups excluding carboxylic acids is 1. The minimum absolute atomic E-state index is 0.0180. The van der Waals surface area contributed by atoms with Crippen molar-refractivity contribution < 1.29 is 13.2 Å². The lowest BCUT2D eigenvalue weighted by Crippen LogP contribution is -2.35. The molecule has 1 N–H and O–H groups in total. The van der Waals surface area contributed by atoms with Crippen LogP contribution in [0.5, 0.6) is 0 Å². The van der Waals surface area contributed by atoms with Gasteiger partial charge in [-0.1, -0.05) is 25.5 Å². The van der Waals surface area contributed by atoms with Gasteiger partial charge >= 0.3 is 0 Å². The maximum Gasteiger partial charge on any atom is 0.263 e. The number of sulfonamides is 1. The van der Waals surface area contributed by atoms with E-state index >= 15 is 0 Å². The monoisotopic (exact) mass is 337 g/mol. The van der Waals surface area contributed by atoms with Gasteiger partial charge in [-0.25, -0.2) is 8.42 Å². The van der Waals surface area contributed by atoms with E-state index in [0.717, 1.165) is 12.8 Å². The molecule has 1 aliphatic heterocycles. The van der Waals surface area contributed by atoms with E-state index in [1.807, 2.05) is 6.92 Å². The number of amidine groups is 1. The number of carbonyl (C=O) groups is 1. The SMILES string of the molecule is CCC[C@H](C)N(C)C(=O)CCN=C1NS(=O)(=O)c2ccccc21. The Labute approximate surface area is 137 Å². The Balaban J connectivity index is 2.01. The van der Waals surface area contributed by atoms with Crippen LogP contribution in [0.2, 0.25) is 0 Å². The summed E-state index contributed by atoms with van der Waals surface area (Å²) in [5.41, 5.74) is 0.563. The molecule has 0 saturated carbocycles. The molecule has 0 unspecified atom stereocenters. The molecule has 0 radical (unpaired) electrons. The van der Waals surface area contributed by atoms with Crippen LogP contribution in [0.25, 0.3) is 0 Å².